The highest BCUT2D eigenvalue weighted by atomic mass is 35.5. The van der Waals surface area contributed by atoms with Gasteiger partial charge in [0.2, 0.25) is 5.91 Å². The predicted octanol–water partition coefficient (Wildman–Crippen LogP) is 6.04. The summed E-state index contributed by atoms with van der Waals surface area (Å²) < 4.78 is 6.73. The molecular weight excluding hydrogens is 438 g/mol. The first-order valence-electron chi connectivity index (χ1n) is 9.00. The maximum Gasteiger partial charge on any atom is 0.250 e. The molecular formula is C22H16ClN3O2S2. The lowest BCUT2D eigenvalue weighted by Crippen LogP contribution is -2.32. The predicted molar refractivity (Wildman–Crippen MR) is 127 cm³/mol. The fourth-order valence-electron chi connectivity index (χ4n) is 2.74. The van der Waals surface area contributed by atoms with Gasteiger partial charge in [0.25, 0.3) is 0 Å². The van der Waals surface area contributed by atoms with Crippen molar-refractivity contribution in [3.05, 3.63) is 77.0 Å². The van der Waals surface area contributed by atoms with Crippen LogP contribution in [0.4, 0.5) is 5.13 Å². The van der Waals surface area contributed by atoms with E-state index in [4.69, 9.17) is 28.2 Å². The van der Waals surface area contributed by atoms with Crippen molar-refractivity contribution in [3.63, 3.8) is 0 Å². The van der Waals surface area contributed by atoms with Crippen LogP contribution in [-0.2, 0) is 4.79 Å². The first kappa shape index (κ1) is 20.3. The molecule has 0 spiro atoms. The van der Waals surface area contributed by atoms with Gasteiger partial charge in [0.05, 0.1) is 10.2 Å². The largest absolute Gasteiger partial charge is 0.457 e. The Bertz CT molecular complexity index is 1220. The molecule has 2 aromatic carbocycles. The molecule has 0 radical (unpaired) electrons. The molecule has 0 saturated carbocycles. The maximum atomic E-state index is 12.2. The Labute approximate surface area is 187 Å². The number of aromatic nitrogens is 1. The van der Waals surface area contributed by atoms with Crippen molar-refractivity contribution >= 4 is 67.6 Å². The van der Waals surface area contributed by atoms with Crippen LogP contribution in [0.15, 0.2) is 65.1 Å². The van der Waals surface area contributed by atoms with E-state index in [1.807, 2.05) is 55.5 Å². The Morgan fingerprint density at radius 2 is 2.00 bits per heavy atom. The number of carbonyl (C=O) groups is 1. The van der Waals surface area contributed by atoms with Gasteiger partial charge in [-0.2, -0.15) is 0 Å². The number of thiazole rings is 1. The summed E-state index contributed by atoms with van der Waals surface area (Å²) in [7, 11) is 0. The average molecular weight is 454 g/mol. The SMILES string of the molecule is Cc1cc2sc(NC(=S)NC(=O)/C=C/c3ccc(-c4ccccc4)o3)nc2cc1Cl. The highest BCUT2D eigenvalue weighted by molar-refractivity contribution is 7.80. The van der Waals surface area contributed by atoms with Crippen LogP contribution in [0.3, 0.4) is 0 Å². The van der Waals surface area contributed by atoms with Gasteiger partial charge in [-0.1, -0.05) is 53.3 Å². The molecule has 0 bridgehead atoms. The summed E-state index contributed by atoms with van der Waals surface area (Å²) in [4.78, 5) is 16.6. The Kier molecular flexibility index (Phi) is 5.94. The van der Waals surface area contributed by atoms with E-state index in [1.54, 1.807) is 12.1 Å². The summed E-state index contributed by atoms with van der Waals surface area (Å²) in [5, 5.41) is 6.94. The topological polar surface area (TPSA) is 67.2 Å². The number of benzene rings is 2. The van der Waals surface area contributed by atoms with Gasteiger partial charge in [-0.05, 0) is 55.0 Å². The third kappa shape index (κ3) is 4.76. The molecule has 1 amide bonds. The quantitative estimate of drug-likeness (QED) is 0.291. The van der Waals surface area contributed by atoms with E-state index in [-0.39, 0.29) is 11.0 Å². The van der Waals surface area contributed by atoms with E-state index in [9.17, 15) is 4.79 Å². The summed E-state index contributed by atoms with van der Waals surface area (Å²) in [5.41, 5.74) is 2.73. The number of furan rings is 1. The first-order chi connectivity index (χ1) is 14.5. The van der Waals surface area contributed by atoms with Gasteiger partial charge < -0.3 is 9.73 Å². The zero-order chi connectivity index (χ0) is 21.1. The molecule has 2 aromatic heterocycles. The minimum absolute atomic E-state index is 0.163. The fourth-order valence-corrected chi connectivity index (χ4v) is 4.11. The van der Waals surface area contributed by atoms with Gasteiger partial charge in [0.1, 0.15) is 11.5 Å². The van der Waals surface area contributed by atoms with Crippen LogP contribution in [0.2, 0.25) is 5.02 Å². The van der Waals surface area contributed by atoms with Crippen LogP contribution in [0.25, 0.3) is 27.6 Å². The number of carbonyl (C=O) groups excluding carboxylic acids is 1. The number of rotatable bonds is 4. The van der Waals surface area contributed by atoms with Gasteiger partial charge in [0.15, 0.2) is 10.2 Å². The number of aryl methyl sites for hydroxylation is 1. The van der Waals surface area contributed by atoms with Crippen LogP contribution >= 0.6 is 35.2 Å². The molecule has 0 unspecified atom stereocenters. The van der Waals surface area contributed by atoms with Gasteiger partial charge >= 0.3 is 0 Å². The van der Waals surface area contributed by atoms with Crippen LogP contribution < -0.4 is 10.6 Å². The van der Waals surface area contributed by atoms with Crippen LogP contribution in [0.5, 0.6) is 0 Å². The average Bonchev–Trinajstić information content (AvgIpc) is 3.34. The number of amides is 1. The zero-order valence-corrected chi connectivity index (χ0v) is 18.2. The molecule has 0 aliphatic carbocycles. The Balaban J connectivity index is 1.36. The molecule has 30 heavy (non-hydrogen) atoms. The third-order valence-electron chi connectivity index (χ3n) is 4.21. The van der Waals surface area contributed by atoms with E-state index in [1.165, 1.54) is 17.4 Å². The number of anilines is 1. The first-order valence-corrected chi connectivity index (χ1v) is 10.6. The number of nitrogens with zero attached hydrogens (tertiary/aromatic N) is 1. The van der Waals surface area contributed by atoms with Crippen molar-refractivity contribution in [2.24, 2.45) is 0 Å². The maximum absolute atomic E-state index is 12.2. The molecule has 2 heterocycles. The van der Waals surface area contributed by atoms with Crippen molar-refractivity contribution in [2.45, 2.75) is 6.92 Å². The summed E-state index contributed by atoms with van der Waals surface area (Å²) in [6, 6.07) is 17.2. The third-order valence-corrected chi connectivity index (χ3v) is 5.76. The van der Waals surface area contributed by atoms with Crippen molar-refractivity contribution in [1.82, 2.24) is 10.3 Å². The van der Waals surface area contributed by atoms with E-state index < -0.39 is 0 Å². The van der Waals surface area contributed by atoms with Crippen LogP contribution in [0, 0.1) is 6.92 Å². The van der Waals surface area contributed by atoms with Crippen LogP contribution in [-0.4, -0.2) is 16.0 Å². The lowest BCUT2D eigenvalue weighted by atomic mass is 10.2. The second-order valence-corrected chi connectivity index (χ2v) is 8.28. The van der Waals surface area contributed by atoms with Crippen LogP contribution in [0.1, 0.15) is 11.3 Å². The highest BCUT2D eigenvalue weighted by Crippen LogP contribution is 2.30. The summed E-state index contributed by atoms with van der Waals surface area (Å²) in [5.74, 6) is 0.936. The highest BCUT2D eigenvalue weighted by Gasteiger charge is 2.09. The molecule has 150 valence electrons. The fraction of sp³-hybridized carbons (Fsp3) is 0.0455. The smallest absolute Gasteiger partial charge is 0.250 e. The molecule has 0 atom stereocenters. The van der Waals surface area contributed by atoms with E-state index in [0.29, 0.717) is 15.9 Å². The Hall–Kier alpha value is -3.00. The van der Waals surface area contributed by atoms with E-state index in [0.717, 1.165) is 27.1 Å². The van der Waals surface area contributed by atoms with Gasteiger partial charge in [-0.25, -0.2) is 4.98 Å². The molecule has 4 rings (SSSR count). The summed E-state index contributed by atoms with van der Waals surface area (Å²) in [6.45, 7) is 1.94. The van der Waals surface area contributed by atoms with Gasteiger partial charge in [-0.3, -0.25) is 10.1 Å². The van der Waals surface area contributed by atoms with Gasteiger partial charge in [0, 0.05) is 16.7 Å². The van der Waals surface area contributed by atoms with Crippen molar-refractivity contribution in [2.75, 3.05) is 5.32 Å². The number of halogens is 1. The number of hydrogen-bond donors (Lipinski definition) is 2. The molecule has 5 nitrogen and oxygen atoms in total. The molecule has 4 aromatic rings. The number of fused-ring (bicyclic) bond motifs is 1. The molecule has 8 heteroatoms. The molecule has 0 saturated heterocycles. The molecule has 2 N–H and O–H groups in total. The summed E-state index contributed by atoms with van der Waals surface area (Å²) in [6.07, 6.45) is 2.95. The number of hydrogen-bond acceptors (Lipinski definition) is 5. The zero-order valence-electron chi connectivity index (χ0n) is 15.8. The molecule has 0 aliphatic rings. The minimum Gasteiger partial charge on any atom is -0.457 e. The Morgan fingerprint density at radius 3 is 2.80 bits per heavy atom. The standard InChI is InChI=1S/C22H16ClN3O2S2/c1-13-11-19-17(12-16(13)23)24-22(30-19)26-21(29)25-20(27)10-8-15-7-9-18(28-15)14-5-3-2-4-6-14/h2-12H,1H3,(H2,24,25,26,27,29)/b10-8+. The Morgan fingerprint density at radius 1 is 1.20 bits per heavy atom. The normalized spacial score (nSPS) is 11.1. The second kappa shape index (κ2) is 8.79. The molecule has 0 aliphatic heterocycles. The summed E-state index contributed by atoms with van der Waals surface area (Å²) >= 11 is 12.8. The van der Waals surface area contributed by atoms with Gasteiger partial charge in [-0.15, -0.1) is 0 Å². The van der Waals surface area contributed by atoms with E-state index in [2.05, 4.69) is 15.6 Å². The second-order valence-electron chi connectivity index (χ2n) is 6.43. The van der Waals surface area contributed by atoms with E-state index >= 15 is 0 Å². The molecule has 0 fully saturated rings. The van der Waals surface area contributed by atoms with Crippen molar-refractivity contribution in [1.29, 1.82) is 0 Å². The van der Waals surface area contributed by atoms with Crippen molar-refractivity contribution < 1.29 is 9.21 Å². The van der Waals surface area contributed by atoms with Crippen molar-refractivity contribution in [3.8, 4) is 11.3 Å². The lowest BCUT2D eigenvalue weighted by Gasteiger charge is -2.04. The number of thiocarbonyl (C=S) groups is 1. The monoisotopic (exact) mass is 453 g/mol. The minimum atomic E-state index is -0.370. The number of nitrogens with one attached hydrogen (secondary N) is 2. The lowest BCUT2D eigenvalue weighted by molar-refractivity contribution is -0.115.